The fourth-order valence-electron chi connectivity index (χ4n) is 1.48. The summed E-state index contributed by atoms with van der Waals surface area (Å²) in [5.41, 5.74) is 8.72. The van der Waals surface area contributed by atoms with Crippen LogP contribution in [0.1, 0.15) is 4.88 Å². The van der Waals surface area contributed by atoms with Gasteiger partial charge in [0, 0.05) is 21.9 Å². The van der Waals surface area contributed by atoms with E-state index in [2.05, 4.69) is 22.7 Å². The molecule has 2 rings (SSSR count). The lowest BCUT2D eigenvalue weighted by Gasteiger charge is -1.96. The predicted molar refractivity (Wildman–Crippen MR) is 83.9 cm³/mol. The molecule has 0 saturated heterocycles. The summed E-state index contributed by atoms with van der Waals surface area (Å²) in [6.45, 7) is 0. The van der Waals surface area contributed by atoms with Crippen molar-refractivity contribution in [3.8, 4) is 10.4 Å². The topological polar surface area (TPSA) is 93.5 Å². The third kappa shape index (κ3) is 3.59. The molecule has 0 unspecified atom stereocenters. The number of benzene rings is 1. The van der Waals surface area contributed by atoms with Crippen molar-refractivity contribution in [1.82, 2.24) is 5.43 Å². The van der Waals surface area contributed by atoms with Gasteiger partial charge in [0.05, 0.1) is 11.1 Å². The third-order valence-corrected chi connectivity index (χ3v) is 3.52. The Labute approximate surface area is 124 Å². The Balaban J connectivity index is 2.14. The number of nitro benzene ring substituents is 1. The van der Waals surface area contributed by atoms with Crippen LogP contribution < -0.4 is 11.2 Å². The SMILES string of the molecule is NC(=S)NN=Cc1ccc(-c2ccc([N+](=O)[O-])cc2)s1. The van der Waals surface area contributed by atoms with Crippen LogP contribution in [0.2, 0.25) is 0 Å². The molecule has 0 spiro atoms. The number of nitrogens with two attached hydrogens (primary N) is 1. The number of nitrogens with one attached hydrogen (secondary N) is 1. The first kappa shape index (κ1) is 14.1. The van der Waals surface area contributed by atoms with Crippen LogP contribution in [0, 0.1) is 10.1 Å². The van der Waals surface area contributed by atoms with E-state index in [-0.39, 0.29) is 10.8 Å². The Hall–Kier alpha value is -2.32. The molecular weight excluding hydrogens is 296 g/mol. The molecule has 20 heavy (non-hydrogen) atoms. The number of non-ortho nitro benzene ring substituents is 1. The van der Waals surface area contributed by atoms with Crippen molar-refractivity contribution in [2.45, 2.75) is 0 Å². The smallest absolute Gasteiger partial charge is 0.269 e. The number of hydrazone groups is 1. The number of thiophene rings is 1. The van der Waals surface area contributed by atoms with E-state index in [1.165, 1.54) is 23.5 Å². The minimum absolute atomic E-state index is 0.0766. The molecule has 0 amide bonds. The van der Waals surface area contributed by atoms with Crippen LogP contribution >= 0.6 is 23.6 Å². The Morgan fingerprint density at radius 1 is 1.35 bits per heavy atom. The normalized spacial score (nSPS) is 10.6. The van der Waals surface area contributed by atoms with Gasteiger partial charge >= 0.3 is 0 Å². The van der Waals surface area contributed by atoms with E-state index >= 15 is 0 Å². The molecule has 0 fully saturated rings. The van der Waals surface area contributed by atoms with E-state index in [0.29, 0.717) is 0 Å². The van der Waals surface area contributed by atoms with Crippen LogP contribution in [0.3, 0.4) is 0 Å². The molecule has 0 aliphatic rings. The van der Waals surface area contributed by atoms with Gasteiger partial charge in [-0.15, -0.1) is 11.3 Å². The van der Waals surface area contributed by atoms with E-state index in [1.54, 1.807) is 18.3 Å². The van der Waals surface area contributed by atoms with Gasteiger partial charge < -0.3 is 5.73 Å². The zero-order chi connectivity index (χ0) is 14.5. The third-order valence-electron chi connectivity index (χ3n) is 2.36. The van der Waals surface area contributed by atoms with E-state index in [9.17, 15) is 10.1 Å². The van der Waals surface area contributed by atoms with Crippen LogP contribution in [0.5, 0.6) is 0 Å². The Morgan fingerprint density at radius 2 is 2.05 bits per heavy atom. The summed E-state index contributed by atoms with van der Waals surface area (Å²) in [6.07, 6.45) is 1.61. The van der Waals surface area contributed by atoms with Crippen molar-refractivity contribution in [2.24, 2.45) is 10.8 Å². The summed E-state index contributed by atoms with van der Waals surface area (Å²) in [6, 6.07) is 10.2. The molecule has 102 valence electrons. The van der Waals surface area contributed by atoms with Gasteiger partial charge in [-0.05, 0) is 42.0 Å². The number of thiocarbonyl (C=S) groups is 1. The Morgan fingerprint density at radius 3 is 2.65 bits per heavy atom. The van der Waals surface area contributed by atoms with E-state index in [0.717, 1.165) is 15.3 Å². The molecule has 1 heterocycles. The minimum Gasteiger partial charge on any atom is -0.375 e. The fourth-order valence-corrected chi connectivity index (χ4v) is 2.42. The highest BCUT2D eigenvalue weighted by Gasteiger charge is 2.06. The molecular formula is C12H10N4O2S2. The minimum atomic E-state index is -0.419. The van der Waals surface area contributed by atoms with E-state index in [1.807, 2.05) is 12.1 Å². The van der Waals surface area contributed by atoms with E-state index in [4.69, 9.17) is 5.73 Å². The van der Waals surface area contributed by atoms with Crippen LogP contribution in [0.4, 0.5) is 5.69 Å². The first-order chi connectivity index (χ1) is 9.56. The molecule has 0 aliphatic carbocycles. The average molecular weight is 306 g/mol. The zero-order valence-corrected chi connectivity index (χ0v) is 11.8. The standard InChI is InChI=1S/C12H10N4O2S2/c13-12(19)15-14-7-10-5-6-11(20-10)8-1-3-9(4-2-8)16(17)18/h1-7H,(H3,13,15,19). The molecule has 2 aromatic rings. The van der Waals surface area contributed by atoms with Crippen molar-refractivity contribution < 1.29 is 4.92 Å². The van der Waals surface area contributed by atoms with Gasteiger partial charge in [0.25, 0.3) is 5.69 Å². The van der Waals surface area contributed by atoms with Crippen LogP contribution in [-0.4, -0.2) is 16.3 Å². The molecule has 0 saturated carbocycles. The second-order valence-electron chi connectivity index (χ2n) is 3.74. The quantitative estimate of drug-likeness (QED) is 0.392. The average Bonchev–Trinajstić information content (AvgIpc) is 2.87. The van der Waals surface area contributed by atoms with Gasteiger partial charge in [0.15, 0.2) is 5.11 Å². The molecule has 1 aromatic heterocycles. The van der Waals surface area contributed by atoms with Crippen LogP contribution in [0.15, 0.2) is 41.5 Å². The van der Waals surface area contributed by atoms with Gasteiger partial charge in [0.2, 0.25) is 0 Å². The summed E-state index contributed by atoms with van der Waals surface area (Å²) in [5, 5.41) is 14.6. The number of hydrogen-bond donors (Lipinski definition) is 2. The fraction of sp³-hybridized carbons (Fsp3) is 0. The summed E-state index contributed by atoms with van der Waals surface area (Å²) < 4.78 is 0. The van der Waals surface area contributed by atoms with Gasteiger partial charge in [-0.25, -0.2) is 0 Å². The lowest BCUT2D eigenvalue weighted by Crippen LogP contribution is -2.23. The van der Waals surface area contributed by atoms with Gasteiger partial charge in [0.1, 0.15) is 0 Å². The highest BCUT2D eigenvalue weighted by atomic mass is 32.1. The van der Waals surface area contributed by atoms with Crippen LogP contribution in [-0.2, 0) is 0 Å². The summed E-state index contributed by atoms with van der Waals surface area (Å²) in [5.74, 6) is 0. The highest BCUT2D eigenvalue weighted by molar-refractivity contribution is 7.80. The molecule has 1 aromatic carbocycles. The van der Waals surface area contributed by atoms with Gasteiger partial charge in [-0.1, -0.05) is 0 Å². The predicted octanol–water partition coefficient (Wildman–Crippen LogP) is 2.49. The maximum absolute atomic E-state index is 10.6. The maximum Gasteiger partial charge on any atom is 0.269 e. The monoisotopic (exact) mass is 306 g/mol. The maximum atomic E-state index is 10.6. The largest absolute Gasteiger partial charge is 0.375 e. The first-order valence-electron chi connectivity index (χ1n) is 5.49. The van der Waals surface area contributed by atoms with Crippen molar-refractivity contribution in [3.63, 3.8) is 0 Å². The molecule has 8 heteroatoms. The summed E-state index contributed by atoms with van der Waals surface area (Å²) in [4.78, 5) is 12.1. The number of nitro groups is 1. The lowest BCUT2D eigenvalue weighted by molar-refractivity contribution is -0.384. The molecule has 6 nitrogen and oxygen atoms in total. The summed E-state index contributed by atoms with van der Waals surface area (Å²) >= 11 is 6.14. The summed E-state index contributed by atoms with van der Waals surface area (Å²) in [7, 11) is 0. The number of hydrogen-bond acceptors (Lipinski definition) is 5. The molecule has 3 N–H and O–H groups in total. The zero-order valence-electron chi connectivity index (χ0n) is 10.1. The second-order valence-corrected chi connectivity index (χ2v) is 5.30. The van der Waals surface area contributed by atoms with Crippen molar-refractivity contribution in [1.29, 1.82) is 0 Å². The van der Waals surface area contributed by atoms with Crippen molar-refractivity contribution in [2.75, 3.05) is 0 Å². The molecule has 0 aliphatic heterocycles. The lowest BCUT2D eigenvalue weighted by atomic mass is 10.2. The van der Waals surface area contributed by atoms with Gasteiger partial charge in [-0.2, -0.15) is 5.10 Å². The number of rotatable bonds is 4. The number of nitrogens with zero attached hydrogens (tertiary/aromatic N) is 2. The Kier molecular flexibility index (Phi) is 4.38. The van der Waals surface area contributed by atoms with Crippen molar-refractivity contribution >= 4 is 40.6 Å². The second kappa shape index (κ2) is 6.22. The molecule has 0 bridgehead atoms. The van der Waals surface area contributed by atoms with E-state index < -0.39 is 4.92 Å². The highest BCUT2D eigenvalue weighted by Crippen LogP contribution is 2.28. The van der Waals surface area contributed by atoms with Gasteiger partial charge in [-0.3, -0.25) is 15.5 Å². The first-order valence-corrected chi connectivity index (χ1v) is 6.72. The van der Waals surface area contributed by atoms with Crippen molar-refractivity contribution in [3.05, 3.63) is 51.4 Å². The molecule has 0 radical (unpaired) electrons. The molecule has 0 atom stereocenters. The van der Waals surface area contributed by atoms with Crippen LogP contribution in [0.25, 0.3) is 10.4 Å². The Bertz CT molecular complexity index is 664.